The van der Waals surface area contributed by atoms with Gasteiger partial charge in [0.15, 0.2) is 0 Å². The molecule has 2 N–H and O–H groups in total. The second-order valence-corrected chi connectivity index (χ2v) is 6.73. The van der Waals surface area contributed by atoms with E-state index in [0.29, 0.717) is 0 Å². The van der Waals surface area contributed by atoms with Crippen molar-refractivity contribution in [1.82, 2.24) is 0 Å². The SMILES string of the molecule is CCC(C)(C)C1(C(C)(C)C)C=C(O)C=CC1O. The Morgan fingerprint density at radius 2 is 1.76 bits per heavy atom. The third kappa shape index (κ3) is 2.03. The number of rotatable bonds is 2. The lowest BCUT2D eigenvalue weighted by molar-refractivity contribution is -0.0830. The number of allylic oxidation sites excluding steroid dienone is 1. The van der Waals surface area contributed by atoms with Crippen molar-refractivity contribution < 1.29 is 10.2 Å². The van der Waals surface area contributed by atoms with Crippen molar-refractivity contribution in [3.63, 3.8) is 0 Å². The van der Waals surface area contributed by atoms with Crippen molar-refractivity contribution >= 4 is 0 Å². The molecule has 0 radical (unpaired) electrons. The molecule has 0 saturated carbocycles. The number of hydrogen-bond acceptors (Lipinski definition) is 2. The second-order valence-electron chi connectivity index (χ2n) is 6.73. The van der Waals surface area contributed by atoms with E-state index in [1.807, 2.05) is 6.08 Å². The zero-order chi connectivity index (χ0) is 13.5. The Hall–Kier alpha value is -0.760. The summed E-state index contributed by atoms with van der Waals surface area (Å²) in [5, 5.41) is 20.3. The van der Waals surface area contributed by atoms with Gasteiger partial charge in [-0.1, -0.05) is 54.0 Å². The second kappa shape index (κ2) is 4.16. The molecule has 0 bridgehead atoms. The van der Waals surface area contributed by atoms with Crippen molar-refractivity contribution in [3.8, 4) is 0 Å². The molecule has 0 aliphatic heterocycles. The van der Waals surface area contributed by atoms with Gasteiger partial charge in [-0.3, -0.25) is 0 Å². The lowest BCUT2D eigenvalue weighted by atomic mass is 9.49. The van der Waals surface area contributed by atoms with Gasteiger partial charge in [0.1, 0.15) is 5.76 Å². The summed E-state index contributed by atoms with van der Waals surface area (Å²) in [5.74, 6) is 0.256. The molecule has 0 aromatic carbocycles. The van der Waals surface area contributed by atoms with E-state index in [4.69, 9.17) is 0 Å². The van der Waals surface area contributed by atoms with E-state index >= 15 is 0 Å². The zero-order valence-corrected chi connectivity index (χ0v) is 11.9. The summed E-state index contributed by atoms with van der Waals surface area (Å²) in [6, 6.07) is 0. The molecule has 1 aliphatic carbocycles. The van der Waals surface area contributed by atoms with Gasteiger partial charge in [0.2, 0.25) is 0 Å². The predicted molar refractivity (Wildman–Crippen MR) is 71.8 cm³/mol. The van der Waals surface area contributed by atoms with Gasteiger partial charge in [-0.2, -0.15) is 0 Å². The van der Waals surface area contributed by atoms with Crippen LogP contribution in [0.4, 0.5) is 0 Å². The summed E-state index contributed by atoms with van der Waals surface area (Å²) in [6.45, 7) is 12.8. The highest BCUT2D eigenvalue weighted by atomic mass is 16.3. The van der Waals surface area contributed by atoms with Crippen molar-refractivity contribution in [2.75, 3.05) is 0 Å². The maximum absolute atomic E-state index is 10.5. The average Bonchev–Trinajstić information content (AvgIpc) is 2.19. The Balaban J connectivity index is 3.46. The predicted octanol–water partition coefficient (Wildman–Crippen LogP) is 3.83. The van der Waals surface area contributed by atoms with Crippen LogP contribution in [0, 0.1) is 16.2 Å². The molecule has 1 aliphatic rings. The molecule has 98 valence electrons. The Morgan fingerprint density at radius 3 is 2.18 bits per heavy atom. The first kappa shape index (κ1) is 14.3. The minimum absolute atomic E-state index is 0.0938. The lowest BCUT2D eigenvalue weighted by Gasteiger charge is -2.56. The van der Waals surface area contributed by atoms with E-state index < -0.39 is 11.5 Å². The maximum Gasteiger partial charge on any atom is 0.112 e. The quantitative estimate of drug-likeness (QED) is 0.767. The van der Waals surface area contributed by atoms with E-state index in [-0.39, 0.29) is 16.6 Å². The summed E-state index contributed by atoms with van der Waals surface area (Å²) in [6.07, 6.45) is 5.52. The molecule has 0 aromatic heterocycles. The van der Waals surface area contributed by atoms with E-state index in [9.17, 15) is 10.2 Å². The van der Waals surface area contributed by atoms with Crippen LogP contribution < -0.4 is 0 Å². The highest BCUT2D eigenvalue weighted by molar-refractivity contribution is 5.30. The van der Waals surface area contributed by atoms with Gasteiger partial charge >= 0.3 is 0 Å². The molecule has 2 unspecified atom stereocenters. The Labute approximate surface area is 105 Å². The van der Waals surface area contributed by atoms with Crippen molar-refractivity contribution in [2.24, 2.45) is 16.2 Å². The molecule has 2 nitrogen and oxygen atoms in total. The summed E-state index contributed by atoms with van der Waals surface area (Å²) in [7, 11) is 0. The fourth-order valence-corrected chi connectivity index (χ4v) is 3.27. The Bertz CT molecular complexity index is 344. The van der Waals surface area contributed by atoms with Gasteiger partial charge in [-0.25, -0.2) is 0 Å². The fourth-order valence-electron chi connectivity index (χ4n) is 3.27. The first-order valence-corrected chi connectivity index (χ1v) is 6.36. The van der Waals surface area contributed by atoms with Gasteiger partial charge in [0.05, 0.1) is 6.10 Å². The highest BCUT2D eigenvalue weighted by Crippen LogP contribution is 2.58. The van der Waals surface area contributed by atoms with E-state index in [1.54, 1.807) is 12.2 Å². The fraction of sp³-hybridized carbons (Fsp3) is 0.733. The molecule has 1 rings (SSSR count). The normalized spacial score (nSPS) is 30.3. The summed E-state index contributed by atoms with van der Waals surface area (Å²) >= 11 is 0. The van der Waals surface area contributed by atoms with Crippen LogP contribution in [0.3, 0.4) is 0 Å². The average molecular weight is 238 g/mol. The van der Waals surface area contributed by atoms with Crippen LogP contribution in [0.1, 0.15) is 48.0 Å². The van der Waals surface area contributed by atoms with Crippen LogP contribution in [0.2, 0.25) is 0 Å². The van der Waals surface area contributed by atoms with Gasteiger partial charge in [-0.05, 0) is 23.0 Å². The first-order valence-electron chi connectivity index (χ1n) is 6.36. The van der Waals surface area contributed by atoms with Gasteiger partial charge in [0.25, 0.3) is 0 Å². The molecule has 2 heteroatoms. The van der Waals surface area contributed by atoms with Gasteiger partial charge in [0, 0.05) is 5.41 Å². The minimum Gasteiger partial charge on any atom is -0.508 e. The summed E-state index contributed by atoms with van der Waals surface area (Å²) < 4.78 is 0. The molecule has 0 aromatic rings. The van der Waals surface area contributed by atoms with E-state index in [1.165, 1.54) is 0 Å². The topological polar surface area (TPSA) is 40.5 Å². The van der Waals surface area contributed by atoms with Crippen LogP contribution in [-0.2, 0) is 0 Å². The molecule has 0 heterocycles. The smallest absolute Gasteiger partial charge is 0.112 e. The van der Waals surface area contributed by atoms with Crippen LogP contribution in [0.25, 0.3) is 0 Å². The van der Waals surface area contributed by atoms with Crippen LogP contribution in [0.5, 0.6) is 0 Å². The molecule has 0 saturated heterocycles. The molecule has 0 fully saturated rings. The Morgan fingerprint density at radius 1 is 1.24 bits per heavy atom. The number of hydrogen-bond donors (Lipinski definition) is 2. The highest BCUT2D eigenvalue weighted by Gasteiger charge is 2.55. The van der Waals surface area contributed by atoms with Crippen molar-refractivity contribution in [2.45, 2.75) is 54.1 Å². The van der Waals surface area contributed by atoms with Crippen LogP contribution in [0.15, 0.2) is 24.0 Å². The van der Waals surface area contributed by atoms with Crippen LogP contribution >= 0.6 is 0 Å². The number of aliphatic hydroxyl groups is 2. The van der Waals surface area contributed by atoms with Gasteiger partial charge < -0.3 is 10.2 Å². The van der Waals surface area contributed by atoms with Crippen LogP contribution in [-0.4, -0.2) is 16.3 Å². The molecule has 2 atom stereocenters. The largest absolute Gasteiger partial charge is 0.508 e. The standard InChI is InChI=1S/C15H26O2/c1-7-14(5,6)15(13(2,3)4)10-11(16)8-9-12(15)17/h8-10,12,16-17H,7H2,1-6H3. The molecule has 17 heavy (non-hydrogen) atoms. The summed E-state index contributed by atoms with van der Waals surface area (Å²) in [5.41, 5.74) is -0.679. The van der Waals surface area contributed by atoms with Crippen molar-refractivity contribution in [1.29, 1.82) is 0 Å². The lowest BCUT2D eigenvalue weighted by Crippen LogP contribution is -2.54. The minimum atomic E-state index is -0.562. The third-order valence-corrected chi connectivity index (χ3v) is 4.54. The summed E-state index contributed by atoms with van der Waals surface area (Å²) in [4.78, 5) is 0. The van der Waals surface area contributed by atoms with E-state index in [0.717, 1.165) is 6.42 Å². The molecular weight excluding hydrogens is 212 g/mol. The maximum atomic E-state index is 10.5. The van der Waals surface area contributed by atoms with Gasteiger partial charge in [-0.15, -0.1) is 0 Å². The molecular formula is C15H26O2. The number of aliphatic hydroxyl groups excluding tert-OH is 2. The third-order valence-electron chi connectivity index (χ3n) is 4.54. The molecule has 0 amide bonds. The zero-order valence-electron chi connectivity index (χ0n) is 11.9. The molecule has 0 spiro atoms. The van der Waals surface area contributed by atoms with E-state index in [2.05, 4.69) is 41.5 Å². The van der Waals surface area contributed by atoms with Crippen molar-refractivity contribution in [3.05, 3.63) is 24.0 Å². The monoisotopic (exact) mass is 238 g/mol. The first-order chi connectivity index (χ1) is 7.58. The Kier molecular flexibility index (Phi) is 3.50.